The van der Waals surface area contributed by atoms with Gasteiger partial charge in [0.15, 0.2) is 5.82 Å². The molecule has 0 radical (unpaired) electrons. The van der Waals surface area contributed by atoms with Crippen LogP contribution in [0.5, 0.6) is 0 Å². The molecule has 2 aromatic heterocycles. The molecule has 0 aliphatic heterocycles. The first-order valence-corrected chi connectivity index (χ1v) is 10.9. The molecule has 2 aliphatic rings. The van der Waals surface area contributed by atoms with Crippen molar-refractivity contribution in [2.45, 2.75) is 43.6 Å². The standard InChI is InChI=1S/C21H20F2N6OS/c22-13-6-12(16-10-25-18(31-16)21(4-1-5-21)29-19(24)30)7-14(8-13)27-20-26-9-15(23)17(28-20)11-2-3-11/h6-11H,1-5H2,(H3,24,29,30)(H,26,27,28). The second-order valence-electron chi connectivity index (χ2n) is 8.01. The number of thiazole rings is 1. The van der Waals surface area contributed by atoms with Crippen LogP contribution in [0.4, 0.5) is 25.2 Å². The molecule has 0 spiro atoms. The number of nitrogens with zero attached hydrogens (tertiary/aromatic N) is 3. The molecular weight excluding hydrogens is 422 g/mol. The van der Waals surface area contributed by atoms with E-state index in [0.717, 1.165) is 48.2 Å². The van der Waals surface area contributed by atoms with Crippen LogP contribution in [0.3, 0.4) is 0 Å². The van der Waals surface area contributed by atoms with E-state index in [1.807, 2.05) is 0 Å². The van der Waals surface area contributed by atoms with Crippen LogP contribution < -0.4 is 16.4 Å². The molecule has 2 saturated carbocycles. The number of halogens is 2. The molecule has 4 N–H and O–H groups in total. The van der Waals surface area contributed by atoms with Crippen molar-refractivity contribution in [2.24, 2.45) is 5.73 Å². The van der Waals surface area contributed by atoms with E-state index >= 15 is 0 Å². The summed E-state index contributed by atoms with van der Waals surface area (Å²) in [5.41, 5.74) is 6.27. The third-order valence-corrected chi connectivity index (χ3v) is 6.91. The van der Waals surface area contributed by atoms with E-state index in [1.54, 1.807) is 12.3 Å². The first-order chi connectivity index (χ1) is 14.9. The Morgan fingerprint density at radius 3 is 2.65 bits per heavy atom. The van der Waals surface area contributed by atoms with Gasteiger partial charge in [-0.15, -0.1) is 11.3 Å². The van der Waals surface area contributed by atoms with Gasteiger partial charge in [-0.2, -0.15) is 0 Å². The highest BCUT2D eigenvalue weighted by Gasteiger charge is 2.42. The zero-order valence-electron chi connectivity index (χ0n) is 16.5. The summed E-state index contributed by atoms with van der Waals surface area (Å²) in [6.45, 7) is 0. The molecular formula is C21H20F2N6OS. The van der Waals surface area contributed by atoms with Crippen LogP contribution in [0.15, 0.2) is 30.6 Å². The maximum absolute atomic E-state index is 14.4. The van der Waals surface area contributed by atoms with Gasteiger partial charge in [0, 0.05) is 17.8 Å². The largest absolute Gasteiger partial charge is 0.352 e. The molecule has 31 heavy (non-hydrogen) atoms. The summed E-state index contributed by atoms with van der Waals surface area (Å²) in [4.78, 5) is 24.9. The van der Waals surface area contributed by atoms with Gasteiger partial charge in [-0.05, 0) is 55.9 Å². The van der Waals surface area contributed by atoms with E-state index in [0.29, 0.717) is 16.9 Å². The van der Waals surface area contributed by atoms with E-state index in [1.165, 1.54) is 23.5 Å². The molecule has 0 saturated heterocycles. The highest BCUT2D eigenvalue weighted by molar-refractivity contribution is 7.15. The van der Waals surface area contributed by atoms with E-state index in [4.69, 9.17) is 5.73 Å². The lowest BCUT2D eigenvalue weighted by Gasteiger charge is -2.40. The minimum Gasteiger partial charge on any atom is -0.352 e. The average molecular weight is 442 g/mol. The van der Waals surface area contributed by atoms with Gasteiger partial charge in [-0.3, -0.25) is 0 Å². The zero-order valence-corrected chi connectivity index (χ0v) is 17.3. The average Bonchev–Trinajstić information content (AvgIpc) is 3.41. The molecule has 2 aliphatic carbocycles. The van der Waals surface area contributed by atoms with Gasteiger partial charge in [-0.25, -0.2) is 28.5 Å². The van der Waals surface area contributed by atoms with E-state index < -0.39 is 23.2 Å². The Labute approximate surface area is 181 Å². The number of amides is 2. The van der Waals surface area contributed by atoms with Gasteiger partial charge >= 0.3 is 6.03 Å². The van der Waals surface area contributed by atoms with Crippen molar-refractivity contribution in [3.05, 3.63) is 52.9 Å². The lowest BCUT2D eigenvalue weighted by Crippen LogP contribution is -2.52. The SMILES string of the molecule is NC(=O)NC1(c2ncc(-c3cc(F)cc(Nc4ncc(F)c(C5CC5)n4)c3)s2)CCC1. The topological polar surface area (TPSA) is 106 Å². The highest BCUT2D eigenvalue weighted by atomic mass is 32.1. The summed E-state index contributed by atoms with van der Waals surface area (Å²) in [6.07, 6.45) is 7.15. The Kier molecular flexibility index (Phi) is 4.81. The second kappa shape index (κ2) is 7.52. The monoisotopic (exact) mass is 442 g/mol. The summed E-state index contributed by atoms with van der Waals surface area (Å²) < 4.78 is 28.3. The first kappa shape index (κ1) is 19.8. The summed E-state index contributed by atoms with van der Waals surface area (Å²) >= 11 is 1.39. The van der Waals surface area contributed by atoms with Gasteiger partial charge in [0.25, 0.3) is 0 Å². The van der Waals surface area contributed by atoms with Crippen LogP contribution in [0, 0.1) is 11.6 Å². The quantitative estimate of drug-likeness (QED) is 0.519. The number of carbonyl (C=O) groups excluding carboxylic acids is 1. The number of aromatic nitrogens is 3. The van der Waals surface area contributed by atoms with E-state index in [9.17, 15) is 13.6 Å². The molecule has 7 nitrogen and oxygen atoms in total. The number of nitrogens with two attached hydrogens (primary N) is 1. The fraction of sp³-hybridized carbons (Fsp3) is 0.333. The number of anilines is 2. The predicted octanol–water partition coefficient (Wildman–Crippen LogP) is 4.55. The molecule has 2 fully saturated rings. The molecule has 160 valence electrons. The third-order valence-electron chi connectivity index (χ3n) is 5.66. The van der Waals surface area contributed by atoms with Gasteiger partial charge in [0.05, 0.1) is 22.3 Å². The van der Waals surface area contributed by atoms with E-state index in [2.05, 4.69) is 25.6 Å². The van der Waals surface area contributed by atoms with Gasteiger partial charge in [-0.1, -0.05) is 0 Å². The number of primary amides is 1. The van der Waals surface area contributed by atoms with Crippen LogP contribution >= 0.6 is 11.3 Å². The van der Waals surface area contributed by atoms with Crippen molar-refractivity contribution in [3.8, 4) is 10.4 Å². The van der Waals surface area contributed by atoms with E-state index in [-0.39, 0.29) is 11.9 Å². The summed E-state index contributed by atoms with van der Waals surface area (Å²) in [5, 5.41) is 6.53. The lowest BCUT2D eigenvalue weighted by atomic mass is 9.77. The fourth-order valence-corrected chi connectivity index (χ4v) is 4.91. The predicted molar refractivity (Wildman–Crippen MR) is 113 cm³/mol. The Morgan fingerprint density at radius 1 is 1.16 bits per heavy atom. The van der Waals surface area contributed by atoms with Crippen molar-refractivity contribution >= 4 is 29.0 Å². The Balaban J connectivity index is 1.41. The molecule has 5 rings (SSSR count). The van der Waals surface area contributed by atoms with Crippen molar-refractivity contribution in [1.82, 2.24) is 20.3 Å². The van der Waals surface area contributed by atoms with Crippen molar-refractivity contribution in [1.29, 1.82) is 0 Å². The summed E-state index contributed by atoms with van der Waals surface area (Å²) in [7, 11) is 0. The number of hydrogen-bond donors (Lipinski definition) is 3. The van der Waals surface area contributed by atoms with Gasteiger partial charge in [0.1, 0.15) is 10.8 Å². The lowest BCUT2D eigenvalue weighted by molar-refractivity contribution is 0.182. The van der Waals surface area contributed by atoms with Crippen LogP contribution in [0.1, 0.15) is 48.7 Å². The zero-order chi connectivity index (χ0) is 21.6. The highest BCUT2D eigenvalue weighted by Crippen LogP contribution is 2.44. The van der Waals surface area contributed by atoms with Crippen LogP contribution in [0.25, 0.3) is 10.4 Å². The molecule has 0 atom stereocenters. The summed E-state index contributed by atoms with van der Waals surface area (Å²) in [5.74, 6) is -0.494. The van der Waals surface area contributed by atoms with Crippen molar-refractivity contribution < 1.29 is 13.6 Å². The second-order valence-corrected chi connectivity index (χ2v) is 9.04. The summed E-state index contributed by atoms with van der Waals surface area (Å²) in [6, 6.07) is 3.92. The minimum atomic E-state index is -0.585. The smallest absolute Gasteiger partial charge is 0.312 e. The molecule has 2 heterocycles. The Bertz CT molecular complexity index is 1160. The minimum absolute atomic E-state index is 0.134. The fourth-order valence-electron chi connectivity index (χ4n) is 3.80. The number of hydrogen-bond acceptors (Lipinski definition) is 6. The molecule has 3 aromatic rings. The van der Waals surface area contributed by atoms with Gasteiger partial charge in [0.2, 0.25) is 5.95 Å². The molecule has 10 heteroatoms. The van der Waals surface area contributed by atoms with Crippen molar-refractivity contribution in [3.63, 3.8) is 0 Å². The number of rotatable bonds is 6. The van der Waals surface area contributed by atoms with Crippen LogP contribution in [0.2, 0.25) is 0 Å². The molecule has 2 amide bonds. The number of urea groups is 1. The normalized spacial score (nSPS) is 17.1. The first-order valence-electron chi connectivity index (χ1n) is 10.1. The number of nitrogens with one attached hydrogen (secondary N) is 2. The van der Waals surface area contributed by atoms with Crippen molar-refractivity contribution in [2.75, 3.05) is 5.32 Å². The number of carbonyl (C=O) groups is 1. The Morgan fingerprint density at radius 2 is 1.97 bits per heavy atom. The Hall–Kier alpha value is -3.14. The van der Waals surface area contributed by atoms with Crippen LogP contribution in [-0.4, -0.2) is 21.0 Å². The maximum atomic E-state index is 14.4. The maximum Gasteiger partial charge on any atom is 0.312 e. The molecule has 0 unspecified atom stereocenters. The van der Waals surface area contributed by atoms with Crippen LogP contribution in [-0.2, 0) is 5.54 Å². The van der Waals surface area contributed by atoms with Gasteiger partial charge < -0.3 is 16.4 Å². The number of benzene rings is 1. The molecule has 0 bridgehead atoms. The third kappa shape index (κ3) is 3.95. The molecule has 1 aromatic carbocycles.